The molecule has 76 valence electrons. The van der Waals surface area contributed by atoms with E-state index in [1.54, 1.807) is 6.07 Å². The molecule has 3 heteroatoms. The van der Waals surface area contributed by atoms with Crippen LogP contribution in [0, 0.1) is 11.6 Å². The zero-order chi connectivity index (χ0) is 10.6. The molecule has 0 bridgehead atoms. The molecular formula is C11H12F2O. The fourth-order valence-corrected chi connectivity index (χ4v) is 1.31. The van der Waals surface area contributed by atoms with Gasteiger partial charge in [-0.1, -0.05) is 13.0 Å². The molecule has 0 saturated carbocycles. The standard InChI is InChI=1S/C11H12F2O/c1-2-8-6-9(4-3-5-14)11(13)10(12)7-8/h5-7H,2-4H2,1H3. The lowest BCUT2D eigenvalue weighted by Gasteiger charge is -2.05. The summed E-state index contributed by atoms with van der Waals surface area (Å²) in [4.78, 5) is 10.1. The lowest BCUT2D eigenvalue weighted by molar-refractivity contribution is -0.107. The number of aryl methyl sites for hydroxylation is 2. The molecule has 0 heterocycles. The SMILES string of the molecule is CCc1cc(F)c(F)c(CCC=O)c1. The van der Waals surface area contributed by atoms with Crippen molar-refractivity contribution in [2.45, 2.75) is 26.2 Å². The van der Waals surface area contributed by atoms with Gasteiger partial charge in [0.25, 0.3) is 0 Å². The minimum absolute atomic E-state index is 0.226. The fourth-order valence-electron chi connectivity index (χ4n) is 1.31. The maximum atomic E-state index is 13.2. The summed E-state index contributed by atoms with van der Waals surface area (Å²) in [6, 6.07) is 2.81. The zero-order valence-electron chi connectivity index (χ0n) is 8.02. The van der Waals surface area contributed by atoms with Crippen LogP contribution in [0.25, 0.3) is 0 Å². The number of benzene rings is 1. The Morgan fingerprint density at radius 1 is 1.36 bits per heavy atom. The van der Waals surface area contributed by atoms with Crippen molar-refractivity contribution in [3.8, 4) is 0 Å². The van der Waals surface area contributed by atoms with Gasteiger partial charge in [-0.3, -0.25) is 0 Å². The number of rotatable bonds is 4. The van der Waals surface area contributed by atoms with Crippen LogP contribution in [0.15, 0.2) is 12.1 Å². The van der Waals surface area contributed by atoms with Crippen LogP contribution >= 0.6 is 0 Å². The van der Waals surface area contributed by atoms with Crippen molar-refractivity contribution in [3.63, 3.8) is 0 Å². The van der Waals surface area contributed by atoms with Gasteiger partial charge in [-0.25, -0.2) is 8.78 Å². The molecule has 0 fully saturated rings. The predicted molar refractivity (Wildman–Crippen MR) is 50.1 cm³/mol. The summed E-state index contributed by atoms with van der Waals surface area (Å²) in [6.45, 7) is 1.87. The van der Waals surface area contributed by atoms with Gasteiger partial charge in [0.15, 0.2) is 11.6 Å². The van der Waals surface area contributed by atoms with Crippen LogP contribution in [0.2, 0.25) is 0 Å². The second-order valence-corrected chi connectivity index (χ2v) is 3.11. The highest BCUT2D eigenvalue weighted by Crippen LogP contribution is 2.16. The van der Waals surface area contributed by atoms with Crippen molar-refractivity contribution in [1.29, 1.82) is 0 Å². The lowest BCUT2D eigenvalue weighted by atomic mass is 10.0. The molecule has 0 amide bonds. The normalized spacial score (nSPS) is 10.2. The van der Waals surface area contributed by atoms with Crippen LogP contribution in [-0.4, -0.2) is 6.29 Å². The highest BCUT2D eigenvalue weighted by atomic mass is 19.2. The van der Waals surface area contributed by atoms with E-state index in [0.717, 1.165) is 5.56 Å². The quantitative estimate of drug-likeness (QED) is 0.680. The first-order valence-corrected chi connectivity index (χ1v) is 4.59. The van der Waals surface area contributed by atoms with Crippen molar-refractivity contribution in [2.24, 2.45) is 0 Å². The van der Waals surface area contributed by atoms with Crippen molar-refractivity contribution < 1.29 is 13.6 Å². The monoisotopic (exact) mass is 198 g/mol. The molecule has 1 rings (SSSR count). The third-order valence-corrected chi connectivity index (χ3v) is 2.10. The van der Waals surface area contributed by atoms with Gasteiger partial charge in [0.2, 0.25) is 0 Å². The van der Waals surface area contributed by atoms with Crippen molar-refractivity contribution in [2.75, 3.05) is 0 Å². The van der Waals surface area contributed by atoms with Crippen molar-refractivity contribution >= 4 is 6.29 Å². The fraction of sp³-hybridized carbons (Fsp3) is 0.364. The first kappa shape index (κ1) is 10.8. The Morgan fingerprint density at radius 3 is 2.64 bits per heavy atom. The Labute approximate surface area is 81.7 Å². The molecule has 14 heavy (non-hydrogen) atoms. The molecule has 0 saturated heterocycles. The van der Waals surface area contributed by atoms with Crippen LogP contribution in [0.5, 0.6) is 0 Å². The summed E-state index contributed by atoms with van der Waals surface area (Å²) in [5, 5.41) is 0. The molecule has 0 aromatic heterocycles. The van der Waals surface area contributed by atoms with Gasteiger partial charge in [0, 0.05) is 6.42 Å². The van der Waals surface area contributed by atoms with E-state index in [9.17, 15) is 13.6 Å². The maximum Gasteiger partial charge on any atom is 0.162 e. The van der Waals surface area contributed by atoms with Gasteiger partial charge in [0.05, 0.1) is 0 Å². The average Bonchev–Trinajstić information content (AvgIpc) is 2.20. The summed E-state index contributed by atoms with van der Waals surface area (Å²) in [7, 11) is 0. The smallest absolute Gasteiger partial charge is 0.162 e. The molecule has 0 aliphatic rings. The zero-order valence-corrected chi connectivity index (χ0v) is 8.02. The molecule has 0 atom stereocenters. The first-order chi connectivity index (χ1) is 6.69. The minimum atomic E-state index is -0.830. The van der Waals surface area contributed by atoms with Crippen molar-refractivity contribution in [3.05, 3.63) is 34.9 Å². The van der Waals surface area contributed by atoms with Crippen LogP contribution in [-0.2, 0) is 17.6 Å². The van der Waals surface area contributed by atoms with Crippen LogP contribution in [0.3, 0.4) is 0 Å². The van der Waals surface area contributed by atoms with Crippen LogP contribution < -0.4 is 0 Å². The Bertz CT molecular complexity index is 334. The highest BCUT2D eigenvalue weighted by Gasteiger charge is 2.09. The molecule has 0 unspecified atom stereocenters. The summed E-state index contributed by atoms with van der Waals surface area (Å²) in [5.74, 6) is -1.66. The Hall–Kier alpha value is -1.25. The van der Waals surface area contributed by atoms with E-state index in [-0.39, 0.29) is 18.4 Å². The molecule has 1 nitrogen and oxygen atoms in total. The number of carbonyl (C=O) groups is 1. The minimum Gasteiger partial charge on any atom is -0.303 e. The second-order valence-electron chi connectivity index (χ2n) is 3.11. The average molecular weight is 198 g/mol. The molecule has 1 aromatic rings. The van der Waals surface area contributed by atoms with E-state index >= 15 is 0 Å². The van der Waals surface area contributed by atoms with E-state index < -0.39 is 11.6 Å². The Balaban J connectivity index is 3.00. The third kappa shape index (κ3) is 2.37. The van der Waals surface area contributed by atoms with E-state index in [1.807, 2.05) is 6.92 Å². The topological polar surface area (TPSA) is 17.1 Å². The van der Waals surface area contributed by atoms with Gasteiger partial charge in [-0.05, 0) is 30.0 Å². The maximum absolute atomic E-state index is 13.2. The third-order valence-electron chi connectivity index (χ3n) is 2.10. The molecule has 0 radical (unpaired) electrons. The molecule has 0 aliphatic carbocycles. The van der Waals surface area contributed by atoms with E-state index in [2.05, 4.69) is 0 Å². The number of carbonyl (C=O) groups excluding carboxylic acids is 1. The number of aldehydes is 1. The van der Waals surface area contributed by atoms with Gasteiger partial charge in [-0.15, -0.1) is 0 Å². The Morgan fingerprint density at radius 2 is 2.07 bits per heavy atom. The highest BCUT2D eigenvalue weighted by molar-refractivity contribution is 5.50. The van der Waals surface area contributed by atoms with Gasteiger partial charge in [-0.2, -0.15) is 0 Å². The van der Waals surface area contributed by atoms with E-state index in [1.165, 1.54) is 6.07 Å². The largest absolute Gasteiger partial charge is 0.303 e. The first-order valence-electron chi connectivity index (χ1n) is 4.59. The van der Waals surface area contributed by atoms with Crippen LogP contribution in [0.1, 0.15) is 24.5 Å². The Kier molecular flexibility index (Phi) is 3.74. The predicted octanol–water partition coefficient (Wildman–Crippen LogP) is 2.66. The number of hydrogen-bond donors (Lipinski definition) is 0. The van der Waals surface area contributed by atoms with E-state index in [0.29, 0.717) is 12.7 Å². The van der Waals surface area contributed by atoms with E-state index in [4.69, 9.17) is 0 Å². The number of hydrogen-bond acceptors (Lipinski definition) is 1. The molecule has 0 aliphatic heterocycles. The molecule has 0 spiro atoms. The van der Waals surface area contributed by atoms with Gasteiger partial charge in [0.1, 0.15) is 6.29 Å². The molecule has 1 aromatic carbocycles. The summed E-state index contributed by atoms with van der Waals surface area (Å²) in [5.41, 5.74) is 1.04. The summed E-state index contributed by atoms with van der Waals surface area (Å²) in [6.07, 6.45) is 1.85. The number of halogens is 2. The molecule has 0 N–H and O–H groups in total. The second kappa shape index (κ2) is 4.84. The lowest BCUT2D eigenvalue weighted by Crippen LogP contribution is -1.98. The van der Waals surface area contributed by atoms with Gasteiger partial charge >= 0.3 is 0 Å². The van der Waals surface area contributed by atoms with Crippen LogP contribution in [0.4, 0.5) is 8.78 Å². The summed E-state index contributed by atoms with van der Waals surface area (Å²) < 4.78 is 26.1. The van der Waals surface area contributed by atoms with Gasteiger partial charge < -0.3 is 4.79 Å². The molecular weight excluding hydrogens is 186 g/mol. The van der Waals surface area contributed by atoms with Crippen molar-refractivity contribution in [1.82, 2.24) is 0 Å². The summed E-state index contributed by atoms with van der Waals surface area (Å²) >= 11 is 0.